The Morgan fingerprint density at radius 2 is 0.662 bits per heavy atom. The largest absolute Gasteiger partial charge is 0.307 e. The van der Waals surface area contributed by atoms with E-state index in [-0.39, 0.29) is 32.9 Å². The van der Waals surface area contributed by atoms with Gasteiger partial charge in [0.25, 0.3) is 0 Å². The molecule has 0 heterocycles. The van der Waals surface area contributed by atoms with Gasteiger partial charge in [-0.25, -0.2) is 8.78 Å². The highest BCUT2D eigenvalue weighted by molar-refractivity contribution is 6.28. The van der Waals surface area contributed by atoms with Crippen LogP contribution in [0.2, 0.25) is 0 Å². The molecule has 12 aromatic rings. The standard InChI is InChI=1S/C64H42F2N2/c65-57-41-49(43-19-7-1-8-20-43)39-55(45-23-11-3-12-24-45)63(57)67(51-27-15-5-16-28-51)59-37-33-47-32-36-54-60(38-34-48-31-35-53(59)61(47)62(48)54)68(52-29-17-6-18-30-52)64-56(46-25-13-4-14-26-46)40-50(42-58(64)66)44-21-9-2-10-22-44/h1-42H/i1D,2D,3D,4D,5D,6D,7D,8D,9D,10D,11D,12D,13D,14D,15D,16D,17D,18D,19D,20D,21D,22D,23D,24D,25D,26D,27D,28D,29D. The molecule has 68 heavy (non-hydrogen) atoms. The molecule has 0 aliphatic rings. The molecule has 0 saturated heterocycles. The Hall–Kier alpha value is -8.86. The maximum atomic E-state index is 18.6. The average Bonchev–Trinajstić information content (AvgIpc) is 0.721. The summed E-state index contributed by atoms with van der Waals surface area (Å²) in [5.74, 6) is -2.88. The Bertz CT molecular complexity index is 5380. The van der Waals surface area contributed by atoms with E-state index in [0.29, 0.717) is 16.8 Å². The lowest BCUT2D eigenvalue weighted by Gasteiger charge is -2.31. The average molecular weight is 906 g/mol. The molecule has 0 amide bonds. The van der Waals surface area contributed by atoms with Crippen molar-refractivity contribution in [1.82, 2.24) is 0 Å². The van der Waals surface area contributed by atoms with Crippen LogP contribution in [0, 0.1) is 11.6 Å². The number of rotatable bonds is 10. The molecule has 0 saturated carbocycles. The highest BCUT2D eigenvalue weighted by Gasteiger charge is 2.28. The van der Waals surface area contributed by atoms with Crippen molar-refractivity contribution in [3.8, 4) is 44.5 Å². The summed E-state index contributed by atoms with van der Waals surface area (Å²) >= 11 is 0. The molecular formula is C64H42F2N2. The van der Waals surface area contributed by atoms with Gasteiger partial charge in [-0.05, 0) is 116 Å². The summed E-state index contributed by atoms with van der Waals surface area (Å²) in [5.41, 5.74) is -8.33. The predicted molar refractivity (Wildman–Crippen MR) is 281 cm³/mol. The smallest absolute Gasteiger partial charge is 0.148 e. The minimum absolute atomic E-state index is 0.0165. The first-order chi connectivity index (χ1) is 45.6. The summed E-state index contributed by atoms with van der Waals surface area (Å²) < 4.78 is 294. The zero-order valence-electron chi connectivity index (χ0n) is 63.7. The number of halogens is 2. The van der Waals surface area contributed by atoms with Crippen LogP contribution in [0.4, 0.5) is 42.9 Å². The van der Waals surface area contributed by atoms with Crippen molar-refractivity contribution < 1.29 is 48.5 Å². The van der Waals surface area contributed by atoms with Gasteiger partial charge in [-0.3, -0.25) is 0 Å². The molecule has 0 unspecified atom stereocenters. The molecule has 0 fully saturated rings. The van der Waals surface area contributed by atoms with Crippen molar-refractivity contribution in [2.24, 2.45) is 0 Å². The van der Waals surface area contributed by atoms with Crippen LogP contribution in [0.3, 0.4) is 0 Å². The second-order valence-electron chi connectivity index (χ2n) is 15.0. The van der Waals surface area contributed by atoms with E-state index in [1.807, 2.05) is 0 Å². The first-order valence-electron chi connectivity index (χ1n) is 35.0. The third-order valence-corrected chi connectivity index (χ3v) is 11.3. The van der Waals surface area contributed by atoms with Crippen LogP contribution >= 0.6 is 0 Å². The molecule has 12 rings (SSSR count). The maximum absolute atomic E-state index is 18.6. The molecule has 0 radical (unpaired) electrons. The summed E-state index contributed by atoms with van der Waals surface area (Å²) in [7, 11) is 0. The first-order valence-corrected chi connectivity index (χ1v) is 20.5. The highest BCUT2D eigenvalue weighted by Crippen LogP contribution is 2.51. The van der Waals surface area contributed by atoms with Gasteiger partial charge in [0.1, 0.15) is 11.6 Å². The van der Waals surface area contributed by atoms with Gasteiger partial charge in [-0.1, -0.05) is 194 Å². The number of para-hydroxylation sites is 2. The Labute approximate surface area is 435 Å². The molecule has 12 aromatic carbocycles. The SMILES string of the molecule is [2H]c1cc(N(c2c(F)cc(-c3c([2H])c([2H])c([2H])c([2H])c3[2H])cc2-c2c([2H])c([2H])c([2H])c([2H])c2[2H])c2ccc3ccc4c(N(c5c(F)cc(-c6c([2H])c([2H])c([2H])c([2H])c6[2H])cc5-c5c([2H])c([2H])c([2H])c([2H])c5[2H])c5c([2H])c([2H])c([2H])c([2H])c5[2H])ccc5ccc2c3c54)c([2H])c([2H])c1[2H]. The second kappa shape index (κ2) is 17.2. The topological polar surface area (TPSA) is 6.48 Å². The van der Waals surface area contributed by atoms with Crippen molar-refractivity contribution in [1.29, 1.82) is 0 Å². The molecule has 0 spiro atoms. The number of hydrogen-bond donors (Lipinski definition) is 0. The maximum Gasteiger partial charge on any atom is 0.148 e. The number of nitrogens with zero attached hydrogens (tertiary/aromatic N) is 2. The van der Waals surface area contributed by atoms with Crippen LogP contribution in [0.1, 0.15) is 39.8 Å². The highest BCUT2D eigenvalue weighted by atomic mass is 19.1. The molecule has 322 valence electrons. The fourth-order valence-electron chi connectivity index (χ4n) is 8.51. The summed E-state index contributed by atoms with van der Waals surface area (Å²) in [6.07, 6.45) is 0. The molecular weight excluding hydrogens is 835 g/mol. The molecule has 0 aliphatic carbocycles. The van der Waals surface area contributed by atoms with Gasteiger partial charge in [0.05, 0.1) is 62.5 Å². The normalized spacial score (nSPS) is 17.4. The summed E-state index contributed by atoms with van der Waals surface area (Å²) in [6.45, 7) is 0. The van der Waals surface area contributed by atoms with Crippen LogP contribution in [0.5, 0.6) is 0 Å². The van der Waals surface area contributed by atoms with E-state index >= 15 is 8.78 Å². The van der Waals surface area contributed by atoms with Gasteiger partial charge in [0.15, 0.2) is 0 Å². The zero-order chi connectivity index (χ0) is 70.8. The predicted octanol–water partition coefficient (Wildman–Crippen LogP) is 18.5. The lowest BCUT2D eigenvalue weighted by Crippen LogP contribution is -2.14. The second-order valence-corrected chi connectivity index (χ2v) is 15.0. The third-order valence-electron chi connectivity index (χ3n) is 11.3. The summed E-state index contributed by atoms with van der Waals surface area (Å²) in [5, 5.41) is 1.11. The van der Waals surface area contributed by atoms with Gasteiger partial charge < -0.3 is 9.80 Å². The Morgan fingerprint density at radius 3 is 1.10 bits per heavy atom. The zero-order valence-corrected chi connectivity index (χ0v) is 34.7. The lowest BCUT2D eigenvalue weighted by molar-refractivity contribution is 0.629. The minimum atomic E-state index is -1.47. The molecule has 2 nitrogen and oxygen atoms in total. The fraction of sp³-hybridized carbons (Fsp3) is 0. The number of anilines is 6. The summed E-state index contributed by atoms with van der Waals surface area (Å²) in [6, 6.07) is -9.45. The van der Waals surface area contributed by atoms with E-state index in [1.54, 1.807) is 0 Å². The third kappa shape index (κ3) is 7.11. The molecule has 0 atom stereocenters. The van der Waals surface area contributed by atoms with Gasteiger partial charge in [-0.15, -0.1) is 0 Å². The van der Waals surface area contributed by atoms with E-state index in [1.165, 1.54) is 48.5 Å². The van der Waals surface area contributed by atoms with E-state index in [2.05, 4.69) is 0 Å². The van der Waals surface area contributed by atoms with E-state index in [4.69, 9.17) is 30.2 Å². The number of benzene rings is 12. The molecule has 0 aromatic heterocycles. The van der Waals surface area contributed by atoms with Crippen LogP contribution in [-0.2, 0) is 0 Å². The Morgan fingerprint density at radius 1 is 0.309 bits per heavy atom. The van der Waals surface area contributed by atoms with E-state index in [9.17, 15) is 9.60 Å². The van der Waals surface area contributed by atoms with Crippen LogP contribution in [-0.4, -0.2) is 0 Å². The van der Waals surface area contributed by atoms with Gasteiger partial charge in [0, 0.05) is 33.3 Å². The van der Waals surface area contributed by atoms with Gasteiger partial charge in [0.2, 0.25) is 0 Å². The molecule has 0 N–H and O–H groups in total. The van der Waals surface area contributed by atoms with Crippen LogP contribution < -0.4 is 9.80 Å². The monoisotopic (exact) mass is 906 g/mol. The van der Waals surface area contributed by atoms with Crippen LogP contribution in [0.25, 0.3) is 76.8 Å². The summed E-state index contributed by atoms with van der Waals surface area (Å²) in [4.78, 5) is 1.84. The van der Waals surface area contributed by atoms with Crippen molar-refractivity contribution in [3.05, 3.63) is 266 Å². The van der Waals surface area contributed by atoms with E-state index < -0.39 is 254 Å². The number of hydrogen-bond acceptors (Lipinski definition) is 2. The van der Waals surface area contributed by atoms with Crippen molar-refractivity contribution in [3.63, 3.8) is 0 Å². The molecule has 0 aliphatic heterocycles. The molecule has 0 bridgehead atoms. The van der Waals surface area contributed by atoms with Crippen molar-refractivity contribution in [2.75, 3.05) is 9.80 Å². The van der Waals surface area contributed by atoms with Crippen molar-refractivity contribution in [2.45, 2.75) is 0 Å². The van der Waals surface area contributed by atoms with E-state index in [0.717, 1.165) is 34.1 Å². The van der Waals surface area contributed by atoms with Gasteiger partial charge >= 0.3 is 0 Å². The van der Waals surface area contributed by atoms with Crippen LogP contribution in [0.15, 0.2) is 254 Å². The van der Waals surface area contributed by atoms with Gasteiger partial charge in [-0.2, -0.15) is 0 Å². The Balaban J connectivity index is 1.24. The van der Waals surface area contributed by atoms with Crippen molar-refractivity contribution >= 4 is 66.4 Å². The Kier molecular flexibility index (Phi) is 5.14. The minimum Gasteiger partial charge on any atom is -0.307 e. The lowest BCUT2D eigenvalue weighted by atomic mass is 9.90. The quantitative estimate of drug-likeness (QED) is 0.126. The fourth-order valence-corrected chi connectivity index (χ4v) is 8.51. The first kappa shape index (κ1) is 20.3. The molecule has 4 heteroatoms.